The van der Waals surface area contributed by atoms with Crippen LogP contribution >= 0.6 is 0 Å². The van der Waals surface area contributed by atoms with Crippen LogP contribution in [-0.4, -0.2) is 72.6 Å². The third-order valence-electron chi connectivity index (χ3n) is 7.77. The first-order valence-electron chi connectivity index (χ1n) is 17.9. The van der Waals surface area contributed by atoms with Crippen molar-refractivity contribution in [3.8, 4) is 5.75 Å². The molecule has 0 aliphatic heterocycles. The second-order valence-corrected chi connectivity index (χ2v) is 14.8. The molecule has 4 atom stereocenters. The molecule has 6 N–H and O–H groups in total. The van der Waals surface area contributed by atoms with E-state index in [2.05, 4.69) is 21.3 Å². The molecule has 0 fully saturated rings. The van der Waals surface area contributed by atoms with Crippen LogP contribution in [0.2, 0.25) is 0 Å². The lowest BCUT2D eigenvalue weighted by Gasteiger charge is -2.27. The van der Waals surface area contributed by atoms with E-state index >= 15 is 0 Å². The maximum atomic E-state index is 14.0. The van der Waals surface area contributed by atoms with Gasteiger partial charge in [-0.3, -0.25) is 19.2 Å². The molecule has 2 rings (SSSR count). The Kier molecular flexibility index (Phi) is 17.8. The van der Waals surface area contributed by atoms with Crippen molar-refractivity contribution in [1.29, 1.82) is 0 Å². The maximum Gasteiger partial charge on any atom is 0.408 e. The standard InChI is InChI=1S/C39H57N5O9/c1-24(2)20-30(44-38(50)52-23-27-12-10-9-11-13-27)35(47)42-31(22-26-14-16-28(17-15-26)53-39(5,6)7)36(48)41-29(18-19-33(40)45)34(46)43-32(21-25(3)4)37(49)51-8/h9-17,24-25,29-32H,18-23H2,1-8H3,(H2,40,45)(H,41,48)(H,42,47)(H,43,46)(H,44,50)/t29-,30-,31-,32-/m0/s1. The summed E-state index contributed by atoms with van der Waals surface area (Å²) in [6.45, 7) is 13.2. The fourth-order valence-corrected chi connectivity index (χ4v) is 5.30. The molecule has 0 radical (unpaired) electrons. The van der Waals surface area contributed by atoms with Crippen molar-refractivity contribution in [2.45, 2.75) is 117 Å². The van der Waals surface area contributed by atoms with Crippen molar-refractivity contribution in [3.05, 3.63) is 65.7 Å². The Labute approximate surface area is 312 Å². The third kappa shape index (κ3) is 17.3. The van der Waals surface area contributed by atoms with Gasteiger partial charge in [0.25, 0.3) is 0 Å². The van der Waals surface area contributed by atoms with Crippen LogP contribution in [0, 0.1) is 11.8 Å². The van der Waals surface area contributed by atoms with Gasteiger partial charge in [0, 0.05) is 12.8 Å². The largest absolute Gasteiger partial charge is 0.488 e. The Morgan fingerprint density at radius 1 is 0.679 bits per heavy atom. The molecule has 0 aromatic heterocycles. The number of alkyl carbamates (subject to hydrolysis) is 1. The summed E-state index contributed by atoms with van der Waals surface area (Å²) in [4.78, 5) is 78.4. The quantitative estimate of drug-likeness (QED) is 0.126. The van der Waals surface area contributed by atoms with Gasteiger partial charge in [0.2, 0.25) is 23.6 Å². The summed E-state index contributed by atoms with van der Waals surface area (Å²) in [5, 5.41) is 10.7. The number of primary amides is 1. The zero-order valence-corrected chi connectivity index (χ0v) is 32.2. The molecule has 0 saturated carbocycles. The van der Waals surface area contributed by atoms with Crippen LogP contribution in [0.5, 0.6) is 5.75 Å². The van der Waals surface area contributed by atoms with Gasteiger partial charge >= 0.3 is 12.1 Å². The highest BCUT2D eigenvalue weighted by molar-refractivity contribution is 5.95. The normalized spacial score (nSPS) is 13.5. The van der Waals surface area contributed by atoms with Gasteiger partial charge in [0.05, 0.1) is 7.11 Å². The lowest BCUT2D eigenvalue weighted by atomic mass is 10.00. The topological polar surface area (TPSA) is 204 Å². The monoisotopic (exact) mass is 739 g/mol. The molecule has 0 unspecified atom stereocenters. The number of hydrogen-bond acceptors (Lipinski definition) is 9. The molecule has 2 aromatic carbocycles. The van der Waals surface area contributed by atoms with Gasteiger partial charge in [-0.25, -0.2) is 9.59 Å². The van der Waals surface area contributed by atoms with Gasteiger partial charge in [-0.05, 0) is 75.1 Å². The van der Waals surface area contributed by atoms with Crippen LogP contribution < -0.4 is 31.7 Å². The Hall–Kier alpha value is -5.14. The SMILES string of the molecule is COC(=O)[C@H](CC(C)C)NC(=O)[C@H](CCC(N)=O)NC(=O)[C@H](Cc1ccc(OC(C)(C)C)cc1)NC(=O)[C@H](CC(C)C)NC(=O)OCc1ccccc1. The highest BCUT2D eigenvalue weighted by Gasteiger charge is 2.32. The Bertz CT molecular complexity index is 1510. The van der Waals surface area contributed by atoms with E-state index in [1.165, 1.54) is 7.11 Å². The van der Waals surface area contributed by atoms with Gasteiger partial charge in [-0.15, -0.1) is 0 Å². The average molecular weight is 740 g/mol. The summed E-state index contributed by atoms with van der Waals surface area (Å²) < 4.78 is 16.1. The first kappa shape index (κ1) is 44.0. The molecule has 0 aliphatic rings. The molecule has 14 nitrogen and oxygen atoms in total. The van der Waals surface area contributed by atoms with E-state index in [9.17, 15) is 28.8 Å². The van der Waals surface area contributed by atoms with Crippen LogP contribution in [0.4, 0.5) is 4.79 Å². The van der Waals surface area contributed by atoms with Crippen LogP contribution in [0.15, 0.2) is 54.6 Å². The predicted octanol–water partition coefficient (Wildman–Crippen LogP) is 3.69. The molecule has 0 saturated heterocycles. The number of nitrogens with one attached hydrogen (secondary N) is 4. The molecule has 0 bridgehead atoms. The molecule has 2 aromatic rings. The number of rotatable bonds is 20. The zero-order chi connectivity index (χ0) is 39.7. The number of amides is 5. The van der Waals surface area contributed by atoms with E-state index in [1.807, 2.05) is 66.7 Å². The predicted molar refractivity (Wildman–Crippen MR) is 199 cm³/mol. The summed E-state index contributed by atoms with van der Waals surface area (Å²) in [5.74, 6) is -2.90. The van der Waals surface area contributed by atoms with Gasteiger partial charge in [0.1, 0.15) is 42.1 Å². The number of carbonyl (C=O) groups excluding carboxylic acids is 6. The molecule has 53 heavy (non-hydrogen) atoms. The van der Waals surface area contributed by atoms with Crippen molar-refractivity contribution in [2.75, 3.05) is 7.11 Å². The van der Waals surface area contributed by atoms with E-state index in [1.54, 1.807) is 36.4 Å². The molecule has 0 heterocycles. The van der Waals surface area contributed by atoms with Crippen LogP contribution in [0.1, 0.15) is 85.3 Å². The first-order chi connectivity index (χ1) is 24.9. The molecule has 292 valence electrons. The van der Waals surface area contributed by atoms with Gasteiger partial charge in [-0.2, -0.15) is 0 Å². The summed E-state index contributed by atoms with van der Waals surface area (Å²) in [6, 6.07) is 11.4. The average Bonchev–Trinajstić information content (AvgIpc) is 3.07. The fourth-order valence-electron chi connectivity index (χ4n) is 5.30. The van der Waals surface area contributed by atoms with Crippen LogP contribution in [0.3, 0.4) is 0 Å². The van der Waals surface area contributed by atoms with E-state index in [-0.39, 0.29) is 50.5 Å². The van der Waals surface area contributed by atoms with E-state index in [0.29, 0.717) is 11.3 Å². The number of methoxy groups -OCH3 is 1. The van der Waals surface area contributed by atoms with Gasteiger partial charge < -0.3 is 41.2 Å². The lowest BCUT2D eigenvalue weighted by Crippen LogP contribution is -2.58. The Balaban J connectivity index is 2.38. The molecule has 5 amide bonds. The second-order valence-electron chi connectivity index (χ2n) is 14.8. The van der Waals surface area contributed by atoms with Crippen molar-refractivity contribution in [1.82, 2.24) is 21.3 Å². The molecule has 0 aliphatic carbocycles. The fraction of sp³-hybridized carbons (Fsp3) is 0.538. The van der Waals surface area contributed by atoms with E-state index in [0.717, 1.165) is 5.56 Å². The number of benzene rings is 2. The Morgan fingerprint density at radius 2 is 1.21 bits per heavy atom. The highest BCUT2D eigenvalue weighted by atomic mass is 16.5. The number of hydrogen-bond donors (Lipinski definition) is 5. The van der Waals surface area contributed by atoms with E-state index in [4.69, 9.17) is 19.9 Å². The molecular formula is C39H57N5O9. The van der Waals surface area contributed by atoms with E-state index < -0.39 is 65.5 Å². The summed E-state index contributed by atoms with van der Waals surface area (Å²) in [7, 11) is 1.20. The lowest BCUT2D eigenvalue weighted by molar-refractivity contribution is -0.146. The van der Waals surface area contributed by atoms with Crippen molar-refractivity contribution in [2.24, 2.45) is 17.6 Å². The van der Waals surface area contributed by atoms with Crippen LogP contribution in [-0.2, 0) is 46.5 Å². The highest BCUT2D eigenvalue weighted by Crippen LogP contribution is 2.20. The minimum absolute atomic E-state index is 0.00853. The van der Waals surface area contributed by atoms with Crippen molar-refractivity contribution < 1.29 is 43.0 Å². The summed E-state index contributed by atoms with van der Waals surface area (Å²) in [6.07, 6.45) is -0.748. The Morgan fingerprint density at radius 3 is 1.75 bits per heavy atom. The minimum atomic E-state index is -1.30. The number of nitrogens with two attached hydrogens (primary N) is 1. The molecular weight excluding hydrogens is 682 g/mol. The van der Waals surface area contributed by atoms with Gasteiger partial charge in [0.15, 0.2) is 0 Å². The third-order valence-corrected chi connectivity index (χ3v) is 7.77. The first-order valence-corrected chi connectivity index (χ1v) is 17.9. The van der Waals surface area contributed by atoms with Gasteiger partial charge in [-0.1, -0.05) is 70.2 Å². The van der Waals surface area contributed by atoms with Crippen molar-refractivity contribution in [3.63, 3.8) is 0 Å². The number of ether oxygens (including phenoxy) is 3. The summed E-state index contributed by atoms with van der Waals surface area (Å²) >= 11 is 0. The number of carbonyl (C=O) groups is 6. The number of esters is 1. The van der Waals surface area contributed by atoms with Crippen molar-refractivity contribution >= 4 is 35.7 Å². The zero-order valence-electron chi connectivity index (χ0n) is 32.2. The molecule has 0 spiro atoms. The second kappa shape index (κ2) is 21.4. The maximum absolute atomic E-state index is 14.0. The molecule has 14 heteroatoms. The summed E-state index contributed by atoms with van der Waals surface area (Å²) in [5.41, 5.74) is 6.36. The minimum Gasteiger partial charge on any atom is -0.488 e. The smallest absolute Gasteiger partial charge is 0.408 e. The van der Waals surface area contributed by atoms with Crippen LogP contribution in [0.25, 0.3) is 0 Å².